The second-order valence-corrected chi connectivity index (χ2v) is 5.20. The number of rotatable bonds is 6. The Morgan fingerprint density at radius 1 is 1.38 bits per heavy atom. The second kappa shape index (κ2) is 7.52. The number of benzene rings is 1. The molecule has 0 aromatic heterocycles. The van der Waals surface area contributed by atoms with E-state index in [1.165, 1.54) is 19.2 Å². The number of hydrogen-bond acceptors (Lipinski definition) is 4. The number of carbonyl (C=O) groups excluding carboxylic acids is 1. The molecule has 0 N–H and O–H groups in total. The van der Waals surface area contributed by atoms with Gasteiger partial charge >= 0.3 is 0 Å². The molecular formula is C16H22FNO3. The Hall–Kier alpha value is -1.46. The fourth-order valence-electron chi connectivity index (χ4n) is 2.60. The van der Waals surface area contributed by atoms with Gasteiger partial charge in [-0.05, 0) is 38.0 Å². The molecule has 0 atom stereocenters. The highest BCUT2D eigenvalue weighted by Gasteiger charge is 2.21. The zero-order valence-corrected chi connectivity index (χ0v) is 12.6. The van der Waals surface area contributed by atoms with E-state index in [2.05, 4.69) is 4.90 Å². The maximum atomic E-state index is 13.6. The molecule has 1 heterocycles. The molecule has 4 nitrogen and oxygen atoms in total. The predicted molar refractivity (Wildman–Crippen MR) is 78.4 cm³/mol. The van der Waals surface area contributed by atoms with Crippen LogP contribution in [0, 0.1) is 5.82 Å². The Kier molecular flexibility index (Phi) is 5.70. The topological polar surface area (TPSA) is 38.8 Å². The summed E-state index contributed by atoms with van der Waals surface area (Å²) in [4.78, 5) is 14.3. The van der Waals surface area contributed by atoms with Gasteiger partial charge in [-0.2, -0.15) is 0 Å². The van der Waals surface area contributed by atoms with Crippen molar-refractivity contribution in [3.8, 4) is 5.75 Å². The third kappa shape index (κ3) is 4.25. The van der Waals surface area contributed by atoms with Crippen LogP contribution in [0.3, 0.4) is 0 Å². The van der Waals surface area contributed by atoms with Gasteiger partial charge in [-0.25, -0.2) is 4.39 Å². The van der Waals surface area contributed by atoms with E-state index in [-0.39, 0.29) is 11.5 Å². The summed E-state index contributed by atoms with van der Waals surface area (Å²) in [7, 11) is 1.41. The molecule has 0 amide bonds. The largest absolute Gasteiger partial charge is 0.494 e. The SMILES string of the molecule is CCOC1CCN(CC(=O)c2ccc(OC)c(F)c2)CC1. The molecule has 1 aromatic carbocycles. The van der Waals surface area contributed by atoms with Crippen molar-refractivity contribution in [2.75, 3.05) is 33.4 Å². The molecule has 1 fully saturated rings. The Bertz CT molecular complexity index is 484. The summed E-state index contributed by atoms with van der Waals surface area (Å²) in [6.45, 7) is 4.73. The number of nitrogens with zero attached hydrogens (tertiary/aromatic N) is 1. The molecule has 1 aliphatic rings. The standard InChI is InChI=1S/C16H22FNO3/c1-3-21-13-6-8-18(9-7-13)11-15(19)12-4-5-16(20-2)14(17)10-12/h4-5,10,13H,3,6-9,11H2,1-2H3. The van der Waals surface area contributed by atoms with E-state index in [4.69, 9.17) is 9.47 Å². The van der Waals surface area contributed by atoms with E-state index in [9.17, 15) is 9.18 Å². The Labute approximate surface area is 124 Å². The minimum Gasteiger partial charge on any atom is -0.494 e. The first-order valence-corrected chi connectivity index (χ1v) is 7.34. The van der Waals surface area contributed by atoms with Crippen molar-refractivity contribution in [2.45, 2.75) is 25.9 Å². The maximum absolute atomic E-state index is 13.6. The molecule has 5 heteroatoms. The van der Waals surface area contributed by atoms with Gasteiger partial charge in [0.15, 0.2) is 17.3 Å². The van der Waals surface area contributed by atoms with E-state index in [1.54, 1.807) is 6.07 Å². The van der Waals surface area contributed by atoms with Crippen LogP contribution in [-0.2, 0) is 4.74 Å². The molecule has 0 aliphatic carbocycles. The maximum Gasteiger partial charge on any atom is 0.176 e. The second-order valence-electron chi connectivity index (χ2n) is 5.20. The zero-order valence-electron chi connectivity index (χ0n) is 12.6. The fraction of sp³-hybridized carbons (Fsp3) is 0.562. The number of halogens is 1. The summed E-state index contributed by atoms with van der Waals surface area (Å²) in [6.07, 6.45) is 2.19. The number of carbonyl (C=O) groups is 1. The predicted octanol–water partition coefficient (Wildman–Crippen LogP) is 2.52. The van der Waals surface area contributed by atoms with Gasteiger partial charge in [0.25, 0.3) is 0 Å². The van der Waals surface area contributed by atoms with Crippen molar-refractivity contribution in [3.63, 3.8) is 0 Å². The summed E-state index contributed by atoms with van der Waals surface area (Å²) >= 11 is 0. The van der Waals surface area contributed by atoms with E-state index in [0.717, 1.165) is 32.5 Å². The van der Waals surface area contributed by atoms with Gasteiger partial charge in [-0.15, -0.1) is 0 Å². The van der Waals surface area contributed by atoms with Crippen LogP contribution in [0.15, 0.2) is 18.2 Å². The highest BCUT2D eigenvalue weighted by molar-refractivity contribution is 5.97. The highest BCUT2D eigenvalue weighted by Crippen LogP contribution is 2.19. The van der Waals surface area contributed by atoms with Gasteiger partial charge in [0.05, 0.1) is 19.8 Å². The number of ether oxygens (including phenoxy) is 2. The average Bonchev–Trinajstić information content (AvgIpc) is 2.49. The van der Waals surface area contributed by atoms with Crippen molar-refractivity contribution in [3.05, 3.63) is 29.6 Å². The molecule has 0 saturated carbocycles. The zero-order chi connectivity index (χ0) is 15.2. The number of ketones is 1. The first-order chi connectivity index (χ1) is 10.1. The monoisotopic (exact) mass is 295 g/mol. The lowest BCUT2D eigenvalue weighted by atomic mass is 10.1. The van der Waals surface area contributed by atoms with E-state index >= 15 is 0 Å². The average molecular weight is 295 g/mol. The molecular weight excluding hydrogens is 273 g/mol. The lowest BCUT2D eigenvalue weighted by Gasteiger charge is -2.31. The van der Waals surface area contributed by atoms with E-state index < -0.39 is 5.82 Å². The minimum absolute atomic E-state index is 0.0635. The molecule has 1 aromatic rings. The summed E-state index contributed by atoms with van der Waals surface area (Å²) in [5, 5.41) is 0. The summed E-state index contributed by atoms with van der Waals surface area (Å²) < 4.78 is 24.1. The van der Waals surface area contributed by atoms with Gasteiger partial charge < -0.3 is 9.47 Å². The van der Waals surface area contributed by atoms with Gasteiger partial charge in [-0.1, -0.05) is 0 Å². The third-order valence-electron chi connectivity index (χ3n) is 3.78. The Balaban J connectivity index is 1.89. The Morgan fingerprint density at radius 2 is 2.10 bits per heavy atom. The molecule has 0 radical (unpaired) electrons. The van der Waals surface area contributed by atoms with Crippen LogP contribution < -0.4 is 4.74 Å². The molecule has 2 rings (SSSR count). The molecule has 0 unspecified atom stereocenters. The van der Waals surface area contributed by atoms with Crippen molar-refractivity contribution >= 4 is 5.78 Å². The van der Waals surface area contributed by atoms with Crippen molar-refractivity contribution in [1.29, 1.82) is 0 Å². The van der Waals surface area contributed by atoms with Crippen LogP contribution in [0.2, 0.25) is 0 Å². The van der Waals surface area contributed by atoms with Crippen LogP contribution in [0.4, 0.5) is 4.39 Å². The number of likely N-dealkylation sites (tertiary alicyclic amines) is 1. The van der Waals surface area contributed by atoms with Crippen LogP contribution in [0.1, 0.15) is 30.1 Å². The molecule has 0 bridgehead atoms. The highest BCUT2D eigenvalue weighted by atomic mass is 19.1. The number of piperidine rings is 1. The minimum atomic E-state index is -0.501. The molecule has 21 heavy (non-hydrogen) atoms. The summed E-state index contributed by atoms with van der Waals surface area (Å²) in [5.41, 5.74) is 0.389. The molecule has 1 saturated heterocycles. The van der Waals surface area contributed by atoms with Crippen molar-refractivity contribution < 1.29 is 18.7 Å². The van der Waals surface area contributed by atoms with E-state index in [0.29, 0.717) is 18.2 Å². The number of Topliss-reactive ketones (excluding diaryl/α,β-unsaturated/α-hetero) is 1. The van der Waals surface area contributed by atoms with Gasteiger partial charge in [0.1, 0.15) is 0 Å². The number of methoxy groups -OCH3 is 1. The first kappa shape index (κ1) is 15.9. The summed E-state index contributed by atoms with van der Waals surface area (Å²) in [6, 6.07) is 4.34. The number of hydrogen-bond donors (Lipinski definition) is 0. The quantitative estimate of drug-likeness (QED) is 0.756. The fourth-order valence-corrected chi connectivity index (χ4v) is 2.60. The Morgan fingerprint density at radius 3 is 2.67 bits per heavy atom. The summed E-state index contributed by atoms with van der Waals surface area (Å²) in [5.74, 6) is -0.408. The van der Waals surface area contributed by atoms with E-state index in [1.807, 2.05) is 6.92 Å². The molecule has 0 spiro atoms. The van der Waals surface area contributed by atoms with Crippen LogP contribution in [0.25, 0.3) is 0 Å². The van der Waals surface area contributed by atoms with Crippen LogP contribution >= 0.6 is 0 Å². The van der Waals surface area contributed by atoms with Gasteiger partial charge in [-0.3, -0.25) is 9.69 Å². The molecule has 1 aliphatic heterocycles. The smallest absolute Gasteiger partial charge is 0.176 e. The third-order valence-corrected chi connectivity index (χ3v) is 3.78. The lowest BCUT2D eigenvalue weighted by Crippen LogP contribution is -2.39. The van der Waals surface area contributed by atoms with Crippen molar-refractivity contribution in [2.24, 2.45) is 0 Å². The molecule has 116 valence electrons. The van der Waals surface area contributed by atoms with Crippen molar-refractivity contribution in [1.82, 2.24) is 4.90 Å². The van der Waals surface area contributed by atoms with Gasteiger partial charge in [0, 0.05) is 25.3 Å². The first-order valence-electron chi connectivity index (χ1n) is 7.34. The van der Waals surface area contributed by atoms with Crippen LogP contribution in [-0.4, -0.2) is 50.1 Å². The normalized spacial score (nSPS) is 16.9. The van der Waals surface area contributed by atoms with Crippen LogP contribution in [0.5, 0.6) is 5.75 Å². The lowest BCUT2D eigenvalue weighted by molar-refractivity contribution is 0.0147. The van der Waals surface area contributed by atoms with Gasteiger partial charge in [0.2, 0.25) is 0 Å².